The number of imidazole rings is 1. The van der Waals surface area contributed by atoms with Gasteiger partial charge in [0.25, 0.3) is 5.56 Å². The van der Waals surface area contributed by atoms with Crippen LogP contribution in [0.25, 0.3) is 11.2 Å². The molecule has 0 unspecified atom stereocenters. The van der Waals surface area contributed by atoms with E-state index in [1.54, 1.807) is 0 Å². The molecule has 0 amide bonds. The Kier molecular flexibility index (Phi) is 4.01. The smallest absolute Gasteiger partial charge is 0.280 e. The van der Waals surface area contributed by atoms with E-state index in [0.29, 0.717) is 0 Å². The highest BCUT2D eigenvalue weighted by atomic mass is 16.6. The number of nitrogens with one attached hydrogen (secondary N) is 1. The maximum Gasteiger partial charge on any atom is 0.280 e. The number of nitrogens with two attached hydrogens (primary N) is 1. The summed E-state index contributed by atoms with van der Waals surface area (Å²) in [5.74, 6) is 2.20. The maximum atomic E-state index is 11.8. The van der Waals surface area contributed by atoms with Crippen LogP contribution in [0, 0.1) is 12.3 Å². The highest BCUT2D eigenvalue weighted by Gasteiger charge is 2.44. The summed E-state index contributed by atoms with van der Waals surface area (Å²) in [7, 11) is 0. The Balaban J connectivity index is 1.90. The minimum Gasteiger partial charge on any atom is -0.387 e. The van der Waals surface area contributed by atoms with E-state index in [0.717, 1.165) is 0 Å². The van der Waals surface area contributed by atoms with E-state index >= 15 is 0 Å². The van der Waals surface area contributed by atoms with Gasteiger partial charge < -0.3 is 25.4 Å². The SMILES string of the molecule is C#CCOC[C@H]1O[C@@H](n2cnc3c(=O)[nH]c(N)nc32)[C@H](O)[C@@H]1O. The topological polar surface area (TPSA) is 149 Å². The third kappa shape index (κ3) is 2.66. The van der Waals surface area contributed by atoms with Gasteiger partial charge in [-0.1, -0.05) is 5.92 Å². The van der Waals surface area contributed by atoms with Crippen molar-refractivity contribution in [2.24, 2.45) is 0 Å². The van der Waals surface area contributed by atoms with E-state index in [2.05, 4.69) is 20.9 Å². The van der Waals surface area contributed by atoms with Gasteiger partial charge >= 0.3 is 0 Å². The predicted octanol–water partition coefficient (Wildman–Crippen LogP) is -2.03. The highest BCUT2D eigenvalue weighted by molar-refractivity contribution is 5.70. The molecule has 23 heavy (non-hydrogen) atoms. The lowest BCUT2D eigenvalue weighted by molar-refractivity contribution is -0.0614. The Morgan fingerprint density at radius 2 is 2.30 bits per heavy atom. The van der Waals surface area contributed by atoms with Crippen LogP contribution in [-0.2, 0) is 9.47 Å². The second-order valence-electron chi connectivity index (χ2n) is 5.04. The molecule has 5 N–H and O–H groups in total. The van der Waals surface area contributed by atoms with Crippen LogP contribution < -0.4 is 11.3 Å². The molecule has 3 heterocycles. The number of H-pyrrole nitrogens is 1. The lowest BCUT2D eigenvalue weighted by atomic mass is 10.1. The maximum absolute atomic E-state index is 11.8. The summed E-state index contributed by atoms with van der Waals surface area (Å²) in [6, 6.07) is 0. The molecule has 122 valence electrons. The number of nitrogen functional groups attached to an aromatic ring is 1. The number of anilines is 1. The van der Waals surface area contributed by atoms with Crippen molar-refractivity contribution in [1.82, 2.24) is 19.5 Å². The Labute approximate surface area is 129 Å². The van der Waals surface area contributed by atoms with Crippen molar-refractivity contribution in [2.45, 2.75) is 24.5 Å². The fourth-order valence-electron chi connectivity index (χ4n) is 2.46. The summed E-state index contributed by atoms with van der Waals surface area (Å²) in [6.45, 7) is 0.0799. The molecule has 0 spiro atoms. The molecule has 0 saturated carbocycles. The fourth-order valence-corrected chi connectivity index (χ4v) is 2.46. The van der Waals surface area contributed by atoms with Crippen molar-refractivity contribution in [2.75, 3.05) is 18.9 Å². The molecule has 2 aromatic heterocycles. The molecule has 3 rings (SSSR count). The minimum absolute atomic E-state index is 0.0156. The standard InChI is InChI=1S/C13H15N5O5/c1-2-3-22-4-6-8(19)9(20)12(23-6)18-5-15-7-10(18)16-13(14)17-11(7)21/h1,5-6,8-9,12,19-20H,3-4H2,(H3,14,16,17,21)/t6-,8-,9-,12-/m1/s1. The van der Waals surface area contributed by atoms with Gasteiger partial charge in [-0.05, 0) is 0 Å². The van der Waals surface area contributed by atoms with Gasteiger partial charge in [-0.25, -0.2) is 4.98 Å². The molecule has 1 aliphatic rings. The molecule has 1 saturated heterocycles. The molecule has 1 aliphatic heterocycles. The van der Waals surface area contributed by atoms with Crippen molar-refractivity contribution in [1.29, 1.82) is 0 Å². The Morgan fingerprint density at radius 3 is 3.04 bits per heavy atom. The first-order valence-electron chi connectivity index (χ1n) is 6.78. The van der Waals surface area contributed by atoms with Crippen molar-refractivity contribution in [3.8, 4) is 12.3 Å². The highest BCUT2D eigenvalue weighted by Crippen LogP contribution is 2.31. The lowest BCUT2D eigenvalue weighted by Gasteiger charge is -2.16. The largest absolute Gasteiger partial charge is 0.387 e. The predicted molar refractivity (Wildman–Crippen MR) is 78.1 cm³/mol. The summed E-state index contributed by atoms with van der Waals surface area (Å²) in [5.41, 5.74) is 5.21. The second-order valence-corrected chi connectivity index (χ2v) is 5.04. The van der Waals surface area contributed by atoms with Crippen molar-refractivity contribution in [3.05, 3.63) is 16.7 Å². The Bertz CT molecular complexity index is 809. The minimum atomic E-state index is -1.26. The number of hydrogen-bond acceptors (Lipinski definition) is 8. The molecule has 2 aromatic rings. The third-order valence-electron chi connectivity index (χ3n) is 3.53. The van der Waals surface area contributed by atoms with Gasteiger partial charge in [0.2, 0.25) is 5.95 Å². The summed E-state index contributed by atoms with van der Waals surface area (Å²) in [4.78, 5) is 22.0. The molecular weight excluding hydrogens is 306 g/mol. The Hall–Kier alpha value is -2.45. The summed E-state index contributed by atoms with van der Waals surface area (Å²) in [5, 5.41) is 20.2. The normalized spacial score (nSPS) is 27.3. The number of aromatic nitrogens is 4. The van der Waals surface area contributed by atoms with Crippen LogP contribution in [0.2, 0.25) is 0 Å². The first-order chi connectivity index (χ1) is 11.0. The molecule has 10 heteroatoms. The monoisotopic (exact) mass is 321 g/mol. The van der Waals surface area contributed by atoms with Gasteiger partial charge in [0.05, 0.1) is 12.9 Å². The van der Waals surface area contributed by atoms with Crippen LogP contribution in [0.1, 0.15) is 6.23 Å². The average molecular weight is 321 g/mol. The lowest BCUT2D eigenvalue weighted by Crippen LogP contribution is -2.33. The summed E-state index contributed by atoms with van der Waals surface area (Å²) >= 11 is 0. The van der Waals surface area contributed by atoms with Crippen LogP contribution in [0.15, 0.2) is 11.1 Å². The molecule has 0 radical (unpaired) electrons. The van der Waals surface area contributed by atoms with Gasteiger partial charge in [-0.3, -0.25) is 14.3 Å². The van der Waals surface area contributed by atoms with Gasteiger partial charge in [0, 0.05) is 0 Å². The number of nitrogens with zero attached hydrogens (tertiary/aromatic N) is 3. The van der Waals surface area contributed by atoms with Crippen LogP contribution in [0.3, 0.4) is 0 Å². The molecule has 10 nitrogen and oxygen atoms in total. The number of fused-ring (bicyclic) bond motifs is 1. The summed E-state index contributed by atoms with van der Waals surface area (Å²) < 4.78 is 12.1. The zero-order chi connectivity index (χ0) is 16.6. The first kappa shape index (κ1) is 15.4. The summed E-state index contributed by atoms with van der Waals surface area (Å²) in [6.07, 6.45) is 2.16. The van der Waals surface area contributed by atoms with Gasteiger partial charge in [0.15, 0.2) is 17.4 Å². The zero-order valence-electron chi connectivity index (χ0n) is 11.9. The van der Waals surface area contributed by atoms with E-state index in [1.165, 1.54) is 10.9 Å². The van der Waals surface area contributed by atoms with Crippen LogP contribution in [-0.4, -0.2) is 61.3 Å². The molecule has 4 atom stereocenters. The molecule has 1 fully saturated rings. The second kappa shape index (κ2) is 5.98. The number of ether oxygens (including phenoxy) is 2. The molecular formula is C13H15N5O5. The van der Waals surface area contributed by atoms with Gasteiger partial charge in [-0.2, -0.15) is 4.98 Å². The number of rotatable bonds is 4. The molecule has 0 aliphatic carbocycles. The van der Waals surface area contributed by atoms with E-state index in [4.69, 9.17) is 21.6 Å². The van der Waals surface area contributed by atoms with Crippen molar-refractivity contribution < 1.29 is 19.7 Å². The quantitative estimate of drug-likeness (QED) is 0.372. The fraction of sp³-hybridized carbons (Fsp3) is 0.462. The van der Waals surface area contributed by atoms with E-state index in [1.807, 2.05) is 0 Å². The van der Waals surface area contributed by atoms with Crippen LogP contribution in [0.5, 0.6) is 0 Å². The molecule has 0 bridgehead atoms. The van der Waals surface area contributed by atoms with E-state index in [-0.39, 0.29) is 30.3 Å². The first-order valence-corrected chi connectivity index (χ1v) is 6.78. The van der Waals surface area contributed by atoms with Crippen LogP contribution in [0.4, 0.5) is 5.95 Å². The number of aliphatic hydroxyl groups excluding tert-OH is 2. The van der Waals surface area contributed by atoms with E-state index in [9.17, 15) is 15.0 Å². The number of hydrogen-bond donors (Lipinski definition) is 4. The zero-order valence-corrected chi connectivity index (χ0v) is 11.9. The number of aliphatic hydroxyl groups is 2. The van der Waals surface area contributed by atoms with Gasteiger partial charge in [0.1, 0.15) is 24.9 Å². The van der Waals surface area contributed by atoms with Crippen molar-refractivity contribution >= 4 is 17.1 Å². The molecule has 0 aromatic carbocycles. The van der Waals surface area contributed by atoms with Crippen LogP contribution >= 0.6 is 0 Å². The van der Waals surface area contributed by atoms with E-state index < -0.39 is 30.1 Å². The van der Waals surface area contributed by atoms with Gasteiger partial charge in [-0.15, -0.1) is 6.42 Å². The average Bonchev–Trinajstić information content (AvgIpc) is 3.04. The Morgan fingerprint density at radius 1 is 1.52 bits per heavy atom. The third-order valence-corrected chi connectivity index (χ3v) is 3.53. The number of terminal acetylenes is 1. The number of aromatic amines is 1. The van der Waals surface area contributed by atoms with Crippen molar-refractivity contribution in [3.63, 3.8) is 0 Å².